The smallest absolute Gasteiger partial charge is 0.262 e. The van der Waals surface area contributed by atoms with Crippen molar-refractivity contribution in [3.8, 4) is 11.8 Å². The first-order valence-corrected chi connectivity index (χ1v) is 4.78. The highest BCUT2D eigenvalue weighted by molar-refractivity contribution is 7.80. The summed E-state index contributed by atoms with van der Waals surface area (Å²) in [7, 11) is 0. The zero-order valence-electron chi connectivity index (χ0n) is 8.06. The lowest BCUT2D eigenvalue weighted by Crippen LogP contribution is -2.28. The second kappa shape index (κ2) is 3.78. The molecule has 16 heavy (non-hydrogen) atoms. The van der Waals surface area contributed by atoms with Crippen LogP contribution < -0.4 is 10.8 Å². The Bertz CT molecular complexity index is 578. The van der Waals surface area contributed by atoms with E-state index in [-0.39, 0.29) is 16.9 Å². The number of hydrogen-bond acceptors (Lipinski definition) is 3. The fraction of sp³-hybridized carbons (Fsp3) is 0. The lowest BCUT2D eigenvalue weighted by molar-refractivity contribution is -0.206. The van der Waals surface area contributed by atoms with Gasteiger partial charge in [-0.15, -0.1) is 5.53 Å². The molecule has 2 rings (SSSR count). The van der Waals surface area contributed by atoms with Crippen LogP contribution in [0.4, 0.5) is 5.69 Å². The highest BCUT2D eigenvalue weighted by Gasteiger charge is 2.09. The summed E-state index contributed by atoms with van der Waals surface area (Å²) in [6.07, 6.45) is 0. The molecular weight excluding hydrogens is 228 g/mol. The Balaban J connectivity index is 2.47. The monoisotopic (exact) mass is 237 g/mol. The minimum absolute atomic E-state index is 0.0786. The van der Waals surface area contributed by atoms with Gasteiger partial charge >= 0.3 is 0 Å². The average Bonchev–Trinajstić information content (AvgIpc) is 2.54. The predicted octanol–water partition coefficient (Wildman–Crippen LogP) is 0.487. The molecule has 1 heterocycles. The lowest BCUT2D eigenvalue weighted by Gasteiger charge is -2.01. The van der Waals surface area contributed by atoms with Crippen molar-refractivity contribution in [2.24, 2.45) is 5.11 Å². The number of H-pyrrole nitrogens is 1. The number of aromatic amines is 1. The van der Waals surface area contributed by atoms with Gasteiger partial charge in [-0.3, -0.25) is 4.98 Å². The average molecular weight is 237 g/mol. The summed E-state index contributed by atoms with van der Waals surface area (Å²) in [6.45, 7) is 0. The number of nitrogens with zero attached hydrogens (tertiary/aromatic N) is 1. The van der Waals surface area contributed by atoms with Gasteiger partial charge in [0.25, 0.3) is 5.11 Å². The summed E-state index contributed by atoms with van der Waals surface area (Å²) in [6, 6.07) is 4.95. The summed E-state index contributed by atoms with van der Waals surface area (Å²) in [5.41, 5.74) is 5.62. The Labute approximate surface area is 95.4 Å². The summed E-state index contributed by atoms with van der Waals surface area (Å²) in [5.74, 6) is -0.183. The van der Waals surface area contributed by atoms with Crippen LogP contribution in [0.5, 0.6) is 11.8 Å². The minimum Gasteiger partial charge on any atom is -0.494 e. The van der Waals surface area contributed by atoms with Crippen LogP contribution >= 0.6 is 12.2 Å². The Hall–Kier alpha value is -2.15. The van der Waals surface area contributed by atoms with Gasteiger partial charge < -0.3 is 15.5 Å². The number of fused-ring (bicyclic) bond motifs is 1. The Morgan fingerprint density at radius 2 is 2.00 bits per heavy atom. The molecule has 7 heteroatoms. The zero-order valence-corrected chi connectivity index (χ0v) is 8.88. The molecule has 0 aliphatic heterocycles. The third-order valence-corrected chi connectivity index (χ3v) is 2.34. The molecule has 0 bridgehead atoms. The lowest BCUT2D eigenvalue weighted by atomic mass is 10.2. The summed E-state index contributed by atoms with van der Waals surface area (Å²) in [5, 5.41) is 26.1. The van der Waals surface area contributed by atoms with E-state index in [1.807, 2.05) is 0 Å². The maximum atomic E-state index is 9.48. The number of nitrogens with one attached hydrogen (secondary N) is 2. The molecule has 0 unspecified atom stereocenters. The SMILES string of the molecule is [NH2+]=NC(=S)Nc1ccc2c(O)[nH]c(O)c2c1. The molecule has 0 saturated heterocycles. The fourth-order valence-electron chi connectivity index (χ4n) is 1.43. The molecule has 0 radical (unpaired) electrons. The molecule has 1 aromatic carbocycles. The molecule has 82 valence electrons. The van der Waals surface area contributed by atoms with E-state index in [4.69, 9.17) is 17.7 Å². The first-order valence-electron chi connectivity index (χ1n) is 4.37. The number of hydrogen-bond donors (Lipinski definition) is 5. The Morgan fingerprint density at radius 1 is 1.31 bits per heavy atom. The van der Waals surface area contributed by atoms with Crippen molar-refractivity contribution in [3.63, 3.8) is 0 Å². The second-order valence-corrected chi connectivity index (χ2v) is 3.53. The predicted molar refractivity (Wildman–Crippen MR) is 62.2 cm³/mol. The molecule has 2 aromatic rings. The van der Waals surface area contributed by atoms with E-state index in [0.29, 0.717) is 16.5 Å². The maximum absolute atomic E-state index is 9.48. The van der Waals surface area contributed by atoms with Crippen molar-refractivity contribution in [1.29, 1.82) is 0 Å². The molecule has 0 spiro atoms. The number of aromatic nitrogens is 1. The molecule has 1 aromatic heterocycles. The minimum atomic E-state index is -0.105. The molecule has 0 aliphatic rings. The molecule has 6 N–H and O–H groups in total. The number of thiocarbonyl (C=S) groups is 1. The molecular formula is C9H9N4O2S+. The van der Waals surface area contributed by atoms with Crippen molar-refractivity contribution in [1.82, 2.24) is 4.98 Å². The standard InChI is InChI=1S/C9H8N4O2S/c10-13-9(16)11-4-1-2-5-6(3-4)8(15)12-7(5)14/h1-3,10,12,14-15H,(H,11,16)/p+1. The normalized spacial score (nSPS) is 10.2. The summed E-state index contributed by atoms with van der Waals surface area (Å²) in [4.78, 5) is 2.41. The molecule has 0 aliphatic carbocycles. The van der Waals surface area contributed by atoms with Crippen LogP contribution in [-0.4, -0.2) is 20.3 Å². The van der Waals surface area contributed by atoms with E-state index < -0.39 is 0 Å². The number of anilines is 1. The van der Waals surface area contributed by atoms with Crippen molar-refractivity contribution >= 4 is 33.8 Å². The van der Waals surface area contributed by atoms with Gasteiger partial charge in [-0.1, -0.05) is 0 Å². The van der Waals surface area contributed by atoms with Crippen molar-refractivity contribution in [2.75, 3.05) is 5.32 Å². The fourth-order valence-corrected chi connectivity index (χ4v) is 1.54. The number of nitrogens with two attached hydrogens (primary N) is 1. The highest BCUT2D eigenvalue weighted by atomic mass is 32.1. The number of benzene rings is 1. The third-order valence-electron chi connectivity index (χ3n) is 2.14. The zero-order chi connectivity index (χ0) is 11.7. The van der Waals surface area contributed by atoms with Crippen LogP contribution in [0.3, 0.4) is 0 Å². The molecule has 0 fully saturated rings. The highest BCUT2D eigenvalue weighted by Crippen LogP contribution is 2.33. The van der Waals surface area contributed by atoms with Gasteiger partial charge in [-0.2, -0.15) is 0 Å². The van der Waals surface area contributed by atoms with E-state index in [2.05, 4.69) is 15.4 Å². The molecule has 0 atom stereocenters. The summed E-state index contributed by atoms with van der Waals surface area (Å²) < 4.78 is 0. The Kier molecular flexibility index (Phi) is 2.45. The van der Waals surface area contributed by atoms with Crippen molar-refractivity contribution in [3.05, 3.63) is 18.2 Å². The van der Waals surface area contributed by atoms with Crippen molar-refractivity contribution in [2.45, 2.75) is 0 Å². The van der Waals surface area contributed by atoms with Gasteiger partial charge in [0.1, 0.15) is 0 Å². The van der Waals surface area contributed by atoms with Gasteiger partial charge in [0.05, 0.1) is 0 Å². The second-order valence-electron chi connectivity index (χ2n) is 3.14. The van der Waals surface area contributed by atoms with E-state index in [0.717, 1.165) is 0 Å². The molecule has 6 nitrogen and oxygen atoms in total. The van der Waals surface area contributed by atoms with Crippen LogP contribution in [0, 0.1) is 0 Å². The Morgan fingerprint density at radius 3 is 2.69 bits per heavy atom. The van der Waals surface area contributed by atoms with Gasteiger partial charge in [0.2, 0.25) is 0 Å². The molecule has 0 amide bonds. The van der Waals surface area contributed by atoms with Gasteiger partial charge in [-0.05, 0) is 30.4 Å². The van der Waals surface area contributed by atoms with Gasteiger partial charge in [0, 0.05) is 21.6 Å². The van der Waals surface area contributed by atoms with Crippen LogP contribution in [0.25, 0.3) is 10.8 Å². The first-order chi connectivity index (χ1) is 7.61. The molecule has 0 saturated carbocycles. The quantitative estimate of drug-likeness (QED) is 0.367. The third kappa shape index (κ3) is 1.68. The van der Waals surface area contributed by atoms with Crippen LogP contribution in [0.1, 0.15) is 0 Å². The number of rotatable bonds is 1. The number of aromatic hydroxyl groups is 2. The van der Waals surface area contributed by atoms with Crippen LogP contribution in [-0.2, 0) is 0 Å². The topological polar surface area (TPSA) is 106 Å². The van der Waals surface area contributed by atoms with Gasteiger partial charge in [0.15, 0.2) is 11.8 Å². The van der Waals surface area contributed by atoms with E-state index in [1.165, 1.54) is 0 Å². The summed E-state index contributed by atoms with van der Waals surface area (Å²) >= 11 is 4.78. The van der Waals surface area contributed by atoms with E-state index in [1.54, 1.807) is 18.2 Å². The van der Waals surface area contributed by atoms with Crippen molar-refractivity contribution < 1.29 is 15.7 Å². The van der Waals surface area contributed by atoms with Gasteiger partial charge in [-0.25, -0.2) is 0 Å². The van der Waals surface area contributed by atoms with E-state index in [9.17, 15) is 10.2 Å². The maximum Gasteiger partial charge on any atom is 0.262 e. The first kappa shape index (κ1) is 10.4. The van der Waals surface area contributed by atoms with E-state index >= 15 is 0 Å². The van der Waals surface area contributed by atoms with Crippen LogP contribution in [0.15, 0.2) is 23.3 Å². The van der Waals surface area contributed by atoms with Crippen LogP contribution in [0.2, 0.25) is 0 Å². The largest absolute Gasteiger partial charge is 0.494 e.